The van der Waals surface area contributed by atoms with Gasteiger partial charge in [0, 0.05) is 25.2 Å². The van der Waals surface area contributed by atoms with Crippen LogP contribution in [0.2, 0.25) is 0 Å². The maximum absolute atomic E-state index is 12.0. The first-order chi connectivity index (χ1) is 8.27. The lowest BCUT2D eigenvalue weighted by Gasteiger charge is -2.33. The number of ether oxygens (including phenoxy) is 1. The van der Waals surface area contributed by atoms with Crippen LogP contribution in [0, 0.1) is 0 Å². The molecular weight excluding hydrogens is 218 g/mol. The first-order valence-electron chi connectivity index (χ1n) is 6.64. The van der Waals surface area contributed by atoms with E-state index in [9.17, 15) is 4.79 Å². The number of hydrogen-bond acceptors (Lipinski definition) is 3. The summed E-state index contributed by atoms with van der Waals surface area (Å²) in [5.41, 5.74) is 0. The minimum Gasteiger partial charge on any atom is -0.378 e. The molecule has 2 saturated heterocycles. The average Bonchev–Trinajstić information content (AvgIpc) is 2.40. The molecule has 0 radical (unpaired) electrons. The Balaban J connectivity index is 1.76. The van der Waals surface area contributed by atoms with Gasteiger partial charge >= 0.3 is 6.03 Å². The molecule has 0 bridgehead atoms. The topological polar surface area (TPSA) is 53.6 Å². The van der Waals surface area contributed by atoms with E-state index in [2.05, 4.69) is 17.6 Å². The van der Waals surface area contributed by atoms with Crippen molar-refractivity contribution < 1.29 is 9.53 Å². The van der Waals surface area contributed by atoms with Gasteiger partial charge in [-0.05, 0) is 26.3 Å². The number of hydrogen-bond donors (Lipinski definition) is 2. The summed E-state index contributed by atoms with van der Waals surface area (Å²) in [5.74, 6) is 0. The number of nitrogens with one attached hydrogen (secondary N) is 2. The number of piperidine rings is 1. The fourth-order valence-electron chi connectivity index (χ4n) is 2.46. The number of nitrogens with zero attached hydrogens (tertiary/aromatic N) is 1. The first-order valence-corrected chi connectivity index (χ1v) is 6.64. The molecule has 0 aromatic carbocycles. The van der Waals surface area contributed by atoms with E-state index in [0.29, 0.717) is 32.3 Å². The Labute approximate surface area is 103 Å². The lowest BCUT2D eigenvalue weighted by molar-refractivity contribution is 0.0522. The summed E-state index contributed by atoms with van der Waals surface area (Å²) in [6, 6.07) is 0.674. The van der Waals surface area contributed by atoms with Crippen molar-refractivity contribution in [3.05, 3.63) is 0 Å². The van der Waals surface area contributed by atoms with Crippen molar-refractivity contribution >= 4 is 6.03 Å². The summed E-state index contributed by atoms with van der Waals surface area (Å²) >= 11 is 0. The molecule has 2 atom stereocenters. The van der Waals surface area contributed by atoms with Gasteiger partial charge in [0.1, 0.15) is 0 Å². The highest BCUT2D eigenvalue weighted by molar-refractivity contribution is 5.74. The molecule has 2 unspecified atom stereocenters. The Hall–Kier alpha value is -0.810. The van der Waals surface area contributed by atoms with Crippen LogP contribution in [-0.2, 0) is 4.74 Å². The van der Waals surface area contributed by atoms with E-state index < -0.39 is 0 Å². The summed E-state index contributed by atoms with van der Waals surface area (Å²) in [5, 5.41) is 6.56. The number of amides is 2. The van der Waals surface area contributed by atoms with Crippen molar-refractivity contribution in [1.29, 1.82) is 0 Å². The van der Waals surface area contributed by atoms with Crippen LogP contribution in [-0.4, -0.2) is 55.9 Å². The van der Waals surface area contributed by atoms with Crippen molar-refractivity contribution in [2.24, 2.45) is 0 Å². The summed E-state index contributed by atoms with van der Waals surface area (Å²) in [6.45, 7) is 5.88. The highest BCUT2D eigenvalue weighted by Gasteiger charge is 2.23. The summed E-state index contributed by atoms with van der Waals surface area (Å²) in [7, 11) is 0. The van der Waals surface area contributed by atoms with E-state index >= 15 is 0 Å². The largest absolute Gasteiger partial charge is 0.378 e. The van der Waals surface area contributed by atoms with E-state index in [-0.39, 0.29) is 12.1 Å². The molecule has 5 nitrogen and oxygen atoms in total. The van der Waals surface area contributed by atoms with Gasteiger partial charge in [-0.15, -0.1) is 0 Å². The second-order valence-corrected chi connectivity index (χ2v) is 4.89. The average molecular weight is 241 g/mol. The predicted molar refractivity (Wildman–Crippen MR) is 66.0 cm³/mol. The Morgan fingerprint density at radius 3 is 2.82 bits per heavy atom. The minimum absolute atomic E-state index is 0.0492. The van der Waals surface area contributed by atoms with E-state index in [1.807, 2.05) is 4.90 Å². The molecule has 2 heterocycles. The molecule has 0 spiro atoms. The molecule has 2 rings (SSSR count). The van der Waals surface area contributed by atoms with E-state index in [0.717, 1.165) is 13.0 Å². The SMILES string of the molecule is CC(NC(=O)N1CCOCC1)C1CCCCN1. The number of carbonyl (C=O) groups is 1. The lowest BCUT2D eigenvalue weighted by atomic mass is 9.99. The third kappa shape index (κ3) is 3.57. The van der Waals surface area contributed by atoms with Crippen molar-refractivity contribution in [3.63, 3.8) is 0 Å². The Morgan fingerprint density at radius 1 is 1.41 bits per heavy atom. The quantitative estimate of drug-likeness (QED) is 0.742. The smallest absolute Gasteiger partial charge is 0.317 e. The molecule has 2 N–H and O–H groups in total. The van der Waals surface area contributed by atoms with Crippen LogP contribution in [0.1, 0.15) is 26.2 Å². The molecule has 98 valence electrons. The lowest BCUT2D eigenvalue weighted by Crippen LogP contribution is -2.54. The van der Waals surface area contributed by atoms with Gasteiger partial charge in [0.25, 0.3) is 0 Å². The van der Waals surface area contributed by atoms with E-state index in [1.165, 1.54) is 12.8 Å². The number of rotatable bonds is 2. The molecule has 0 saturated carbocycles. The second kappa shape index (κ2) is 6.21. The summed E-state index contributed by atoms with van der Waals surface area (Å²) < 4.78 is 5.24. The minimum atomic E-state index is 0.0492. The van der Waals surface area contributed by atoms with Crippen molar-refractivity contribution in [2.45, 2.75) is 38.3 Å². The zero-order valence-electron chi connectivity index (χ0n) is 10.6. The molecule has 0 aromatic heterocycles. The Morgan fingerprint density at radius 2 is 2.18 bits per heavy atom. The van der Waals surface area contributed by atoms with Crippen LogP contribution in [0.25, 0.3) is 0 Å². The van der Waals surface area contributed by atoms with Gasteiger partial charge in [0.15, 0.2) is 0 Å². The number of urea groups is 1. The standard InChI is InChI=1S/C12H23N3O2/c1-10(11-4-2-3-5-13-11)14-12(16)15-6-8-17-9-7-15/h10-11,13H,2-9H2,1H3,(H,14,16). The monoisotopic (exact) mass is 241 g/mol. The van der Waals surface area contributed by atoms with Crippen molar-refractivity contribution in [3.8, 4) is 0 Å². The van der Waals surface area contributed by atoms with Gasteiger partial charge in [-0.1, -0.05) is 6.42 Å². The maximum atomic E-state index is 12.0. The molecular formula is C12H23N3O2. The zero-order chi connectivity index (χ0) is 12.1. The molecule has 0 aromatic rings. The van der Waals surface area contributed by atoms with Gasteiger partial charge in [-0.3, -0.25) is 0 Å². The van der Waals surface area contributed by atoms with Crippen LogP contribution >= 0.6 is 0 Å². The summed E-state index contributed by atoms with van der Waals surface area (Å²) in [6.07, 6.45) is 3.67. The molecule has 0 aliphatic carbocycles. The molecule has 17 heavy (non-hydrogen) atoms. The van der Waals surface area contributed by atoms with Gasteiger partial charge in [-0.2, -0.15) is 0 Å². The highest BCUT2D eigenvalue weighted by atomic mass is 16.5. The van der Waals surface area contributed by atoms with Gasteiger partial charge in [0.2, 0.25) is 0 Å². The second-order valence-electron chi connectivity index (χ2n) is 4.89. The van der Waals surface area contributed by atoms with E-state index in [4.69, 9.17) is 4.74 Å². The Kier molecular flexibility index (Phi) is 4.62. The molecule has 2 aliphatic rings. The number of carbonyl (C=O) groups excluding carboxylic acids is 1. The Bertz CT molecular complexity index is 248. The first kappa shape index (κ1) is 12.6. The summed E-state index contributed by atoms with van der Waals surface area (Å²) in [4.78, 5) is 13.8. The van der Waals surface area contributed by atoms with Crippen LogP contribution in [0.4, 0.5) is 4.79 Å². The van der Waals surface area contributed by atoms with Crippen LogP contribution < -0.4 is 10.6 Å². The van der Waals surface area contributed by atoms with Gasteiger partial charge in [0.05, 0.1) is 13.2 Å². The third-order valence-corrected chi connectivity index (χ3v) is 3.60. The highest BCUT2D eigenvalue weighted by Crippen LogP contribution is 2.10. The van der Waals surface area contributed by atoms with Crippen molar-refractivity contribution in [1.82, 2.24) is 15.5 Å². The van der Waals surface area contributed by atoms with Gasteiger partial charge in [-0.25, -0.2) is 4.79 Å². The third-order valence-electron chi connectivity index (χ3n) is 3.60. The molecule has 2 amide bonds. The van der Waals surface area contributed by atoms with Crippen LogP contribution in [0.3, 0.4) is 0 Å². The molecule has 2 aliphatic heterocycles. The molecule has 5 heteroatoms. The van der Waals surface area contributed by atoms with Crippen LogP contribution in [0.15, 0.2) is 0 Å². The van der Waals surface area contributed by atoms with Crippen molar-refractivity contribution in [2.75, 3.05) is 32.8 Å². The van der Waals surface area contributed by atoms with E-state index in [1.54, 1.807) is 0 Å². The normalized spacial score (nSPS) is 27.6. The molecule has 2 fully saturated rings. The fraction of sp³-hybridized carbons (Fsp3) is 0.917. The zero-order valence-corrected chi connectivity index (χ0v) is 10.6. The number of morpholine rings is 1. The van der Waals surface area contributed by atoms with Gasteiger partial charge < -0.3 is 20.3 Å². The predicted octanol–water partition coefficient (Wildman–Crippen LogP) is 0.559. The fourth-order valence-corrected chi connectivity index (χ4v) is 2.46. The van der Waals surface area contributed by atoms with Crippen LogP contribution in [0.5, 0.6) is 0 Å². The maximum Gasteiger partial charge on any atom is 0.317 e.